The molecule has 7 bridgehead atoms. The van der Waals surface area contributed by atoms with Gasteiger partial charge < -0.3 is 29.2 Å². The van der Waals surface area contributed by atoms with Gasteiger partial charge in [-0.1, -0.05) is 37.3 Å². The summed E-state index contributed by atoms with van der Waals surface area (Å²) in [6.07, 6.45) is 4.57. The molecule has 0 radical (unpaired) electrons. The highest BCUT2D eigenvalue weighted by Gasteiger charge is 2.86. The van der Waals surface area contributed by atoms with Crippen LogP contribution in [0.2, 0.25) is 0 Å². The van der Waals surface area contributed by atoms with Crippen LogP contribution < -0.4 is 0 Å². The van der Waals surface area contributed by atoms with Crippen LogP contribution in [0.5, 0.6) is 0 Å². The zero-order valence-corrected chi connectivity index (χ0v) is 24.6. The number of aliphatic hydroxyl groups excluding tert-OH is 1. The second-order valence-electron chi connectivity index (χ2n) is 13.7. The van der Waals surface area contributed by atoms with Crippen LogP contribution in [0, 0.1) is 40.4 Å². The van der Waals surface area contributed by atoms with Gasteiger partial charge in [0.15, 0.2) is 0 Å². The molecule has 8 nitrogen and oxygen atoms in total. The summed E-state index contributed by atoms with van der Waals surface area (Å²) in [6.45, 7) is 4.50. The summed E-state index contributed by atoms with van der Waals surface area (Å²) in [5.74, 6) is -0.947. The summed E-state index contributed by atoms with van der Waals surface area (Å²) in [5.41, 5.74) is -0.881. The molecular formula is C33H45NO7. The number of carbonyl (C=O) groups is 1. The Kier molecular flexibility index (Phi) is 6.73. The highest BCUT2D eigenvalue weighted by atomic mass is 16.5. The first-order chi connectivity index (χ1) is 19.8. The lowest BCUT2D eigenvalue weighted by molar-refractivity contribution is -0.273. The molecule has 1 saturated heterocycles. The maximum atomic E-state index is 13.3. The van der Waals surface area contributed by atoms with E-state index in [1.54, 1.807) is 27.4 Å². The Morgan fingerprint density at radius 1 is 1.12 bits per heavy atom. The van der Waals surface area contributed by atoms with Crippen molar-refractivity contribution in [2.45, 2.75) is 68.7 Å². The summed E-state index contributed by atoms with van der Waals surface area (Å²) in [6, 6.07) is 9.68. The molecule has 5 aliphatic carbocycles. The second-order valence-corrected chi connectivity index (χ2v) is 13.7. The van der Waals surface area contributed by atoms with E-state index < -0.39 is 29.2 Å². The average molecular weight is 568 g/mol. The summed E-state index contributed by atoms with van der Waals surface area (Å²) in [7, 11) is 5.24. The first-order valence-electron chi connectivity index (χ1n) is 15.4. The van der Waals surface area contributed by atoms with E-state index in [-0.39, 0.29) is 53.3 Å². The van der Waals surface area contributed by atoms with Crippen LogP contribution in [-0.4, -0.2) is 98.2 Å². The summed E-state index contributed by atoms with van der Waals surface area (Å²) < 4.78 is 24.7. The number of esters is 1. The van der Waals surface area contributed by atoms with E-state index in [0.717, 1.165) is 31.5 Å². The fourth-order valence-electron chi connectivity index (χ4n) is 11.7. The quantitative estimate of drug-likeness (QED) is 0.366. The standard InChI is InChI=1S/C33H45NO7/c1-5-34-17-31(18-38-2)14-13-23(35)33-21-15-20-22(39-3)16-32(37,26(30(33)34)28(40-4)29(31)33)25(21)27(20)41-24(36)12-11-19-9-7-6-8-10-19/h6-12,20-23,25-30,35,37H,5,13-18H2,1-4H3/t20-,21-,22+,23+,25-,26+,27+,28+,29-,30-,31+,32-,33+/m1/s1. The van der Waals surface area contributed by atoms with Gasteiger partial charge in [-0.05, 0) is 43.4 Å². The number of benzene rings is 1. The van der Waals surface area contributed by atoms with Crippen molar-refractivity contribution in [3.8, 4) is 0 Å². The van der Waals surface area contributed by atoms with E-state index in [2.05, 4.69) is 11.8 Å². The van der Waals surface area contributed by atoms with Crippen molar-refractivity contribution >= 4 is 12.0 Å². The smallest absolute Gasteiger partial charge is 0.331 e. The Morgan fingerprint density at radius 2 is 1.90 bits per heavy atom. The van der Waals surface area contributed by atoms with Crippen molar-refractivity contribution in [2.24, 2.45) is 40.4 Å². The van der Waals surface area contributed by atoms with Crippen LogP contribution >= 0.6 is 0 Å². The van der Waals surface area contributed by atoms with E-state index in [4.69, 9.17) is 18.9 Å². The number of aliphatic hydroxyl groups is 2. The summed E-state index contributed by atoms with van der Waals surface area (Å²) in [5, 5.41) is 25.2. The topological polar surface area (TPSA) is 97.7 Å². The lowest BCUT2D eigenvalue weighted by atomic mass is 9.43. The van der Waals surface area contributed by atoms with Crippen LogP contribution in [0.4, 0.5) is 0 Å². The number of ether oxygens (including phenoxy) is 4. The Balaban J connectivity index is 1.34. The van der Waals surface area contributed by atoms with Crippen molar-refractivity contribution in [3.63, 3.8) is 0 Å². The van der Waals surface area contributed by atoms with Gasteiger partial charge in [0.25, 0.3) is 0 Å². The van der Waals surface area contributed by atoms with E-state index in [1.807, 2.05) is 30.3 Å². The highest BCUT2D eigenvalue weighted by Crippen LogP contribution is 2.79. The minimum absolute atomic E-state index is 0.0161. The maximum absolute atomic E-state index is 13.3. The number of hydrogen-bond donors (Lipinski definition) is 2. The highest BCUT2D eigenvalue weighted by molar-refractivity contribution is 5.87. The van der Waals surface area contributed by atoms with Crippen molar-refractivity contribution in [1.82, 2.24) is 4.90 Å². The van der Waals surface area contributed by atoms with Gasteiger partial charge in [0.05, 0.1) is 30.5 Å². The molecule has 1 aromatic rings. The van der Waals surface area contributed by atoms with Crippen LogP contribution in [0.25, 0.3) is 6.08 Å². The molecule has 41 heavy (non-hydrogen) atoms. The number of methoxy groups -OCH3 is 3. The van der Waals surface area contributed by atoms with Gasteiger partial charge in [-0.15, -0.1) is 0 Å². The molecule has 1 heterocycles. The molecule has 6 fully saturated rings. The van der Waals surface area contributed by atoms with Gasteiger partial charge in [-0.2, -0.15) is 0 Å². The second kappa shape index (κ2) is 9.86. The van der Waals surface area contributed by atoms with Crippen LogP contribution in [-0.2, 0) is 23.7 Å². The van der Waals surface area contributed by atoms with Crippen molar-refractivity contribution < 1.29 is 34.0 Å². The van der Waals surface area contributed by atoms with Gasteiger partial charge in [-0.25, -0.2) is 4.79 Å². The number of fused-ring (bicyclic) bond motifs is 2. The molecule has 1 spiro atoms. The summed E-state index contributed by atoms with van der Waals surface area (Å²) in [4.78, 5) is 15.8. The lowest BCUT2D eigenvalue weighted by Gasteiger charge is -2.68. The van der Waals surface area contributed by atoms with Crippen molar-refractivity contribution in [2.75, 3.05) is 41.0 Å². The predicted octanol–water partition coefficient (Wildman–Crippen LogP) is 2.77. The van der Waals surface area contributed by atoms with E-state index in [0.29, 0.717) is 19.4 Å². The third-order valence-electron chi connectivity index (χ3n) is 12.6. The molecule has 1 aromatic carbocycles. The first-order valence-corrected chi connectivity index (χ1v) is 15.4. The molecule has 0 amide bonds. The molecule has 0 aromatic heterocycles. The number of nitrogens with zero attached hydrogens (tertiary/aromatic N) is 1. The van der Waals surface area contributed by atoms with Gasteiger partial charge >= 0.3 is 5.97 Å². The largest absolute Gasteiger partial charge is 0.458 e. The molecule has 8 heteroatoms. The van der Waals surface area contributed by atoms with Crippen LogP contribution in [0.1, 0.15) is 38.2 Å². The van der Waals surface area contributed by atoms with Crippen molar-refractivity contribution in [1.29, 1.82) is 0 Å². The Labute approximate surface area is 243 Å². The molecule has 2 N–H and O–H groups in total. The number of likely N-dealkylation sites (tertiary alicyclic amines) is 1. The van der Waals surface area contributed by atoms with Gasteiger partial charge in [0.1, 0.15) is 6.10 Å². The molecule has 1 aliphatic heterocycles. The number of hydrogen-bond acceptors (Lipinski definition) is 8. The predicted molar refractivity (Wildman–Crippen MR) is 152 cm³/mol. The molecule has 5 saturated carbocycles. The zero-order chi connectivity index (χ0) is 28.7. The summed E-state index contributed by atoms with van der Waals surface area (Å²) >= 11 is 0. The van der Waals surface area contributed by atoms with Gasteiger partial charge in [-0.3, -0.25) is 4.90 Å². The molecule has 13 atom stereocenters. The van der Waals surface area contributed by atoms with E-state index in [1.165, 1.54) is 6.08 Å². The molecule has 224 valence electrons. The average Bonchev–Trinajstić information content (AvgIpc) is 3.41. The normalized spacial score (nSPS) is 49.4. The maximum Gasteiger partial charge on any atom is 0.331 e. The molecule has 7 rings (SSSR count). The molecule has 0 unspecified atom stereocenters. The molecular weight excluding hydrogens is 522 g/mol. The number of piperidine rings is 1. The Hall–Kier alpha value is -1.81. The fourth-order valence-corrected chi connectivity index (χ4v) is 11.7. The SMILES string of the molecule is CCN1C[C@]2(COC)CC[C@H](O)[C@@]34[C@@H]5C[C@H]6[C@H](OC(=O)C=Cc7ccccc7)[C@@H]5[C@](O)(C[C@@H]6OC)[C@@H]([C@H](OC)[C@H]23)[C@@H]14. The monoisotopic (exact) mass is 567 g/mol. The lowest BCUT2D eigenvalue weighted by Crippen LogP contribution is -2.76. The number of carbonyl (C=O) groups excluding carboxylic acids is 1. The third-order valence-corrected chi connectivity index (χ3v) is 12.6. The first kappa shape index (κ1) is 28.0. The fraction of sp³-hybridized carbons (Fsp3) is 0.727. The van der Waals surface area contributed by atoms with E-state index >= 15 is 0 Å². The van der Waals surface area contributed by atoms with Gasteiger partial charge in [0.2, 0.25) is 0 Å². The minimum Gasteiger partial charge on any atom is -0.458 e. The third kappa shape index (κ3) is 3.52. The minimum atomic E-state index is -1.16. The van der Waals surface area contributed by atoms with Crippen molar-refractivity contribution in [3.05, 3.63) is 42.0 Å². The van der Waals surface area contributed by atoms with Crippen LogP contribution in [0.15, 0.2) is 36.4 Å². The van der Waals surface area contributed by atoms with Crippen LogP contribution in [0.3, 0.4) is 0 Å². The molecule has 6 aliphatic rings. The Morgan fingerprint density at radius 3 is 2.59 bits per heavy atom. The zero-order valence-electron chi connectivity index (χ0n) is 24.6. The number of rotatable bonds is 8. The Bertz CT molecular complexity index is 1190. The van der Waals surface area contributed by atoms with E-state index in [9.17, 15) is 15.0 Å². The van der Waals surface area contributed by atoms with Gasteiger partial charge in [0, 0.05) is 80.9 Å².